The van der Waals surface area contributed by atoms with Gasteiger partial charge < -0.3 is 9.47 Å². The lowest BCUT2D eigenvalue weighted by molar-refractivity contribution is 0.793. The molecule has 74 heavy (non-hydrogen) atoms. The third-order valence-electron chi connectivity index (χ3n) is 16.2. The van der Waals surface area contributed by atoms with Gasteiger partial charge in [0.1, 0.15) is 0 Å². The van der Waals surface area contributed by atoms with Gasteiger partial charge in [-0.1, -0.05) is 206 Å². The minimum atomic E-state index is -0.454. The van der Waals surface area contributed by atoms with Crippen LogP contribution in [0.5, 0.6) is 0 Å². The summed E-state index contributed by atoms with van der Waals surface area (Å²) in [5.74, 6) is 0. The fraction of sp³-hybridized carbons (Fsp3) is 0.0141. The fourth-order valence-corrected chi connectivity index (χ4v) is 14.4. The third-order valence-corrected chi connectivity index (χ3v) is 17.5. The Bertz CT molecular complexity index is 4490. The molecule has 12 aromatic carbocycles. The Labute approximate surface area is 432 Å². The number of para-hydroxylation sites is 2. The van der Waals surface area contributed by atoms with E-state index in [1.54, 1.807) is 0 Å². The van der Waals surface area contributed by atoms with Gasteiger partial charge in [0, 0.05) is 53.7 Å². The first-order valence-corrected chi connectivity index (χ1v) is 26.4. The maximum atomic E-state index is 2.49. The molecule has 0 bridgehead atoms. The van der Waals surface area contributed by atoms with Gasteiger partial charge in [-0.05, 0) is 138 Å². The topological polar surface area (TPSA) is 8.17 Å². The van der Waals surface area contributed by atoms with Crippen molar-refractivity contribution in [1.82, 2.24) is 4.57 Å². The van der Waals surface area contributed by atoms with E-state index in [0.717, 1.165) is 22.7 Å². The second-order valence-electron chi connectivity index (χ2n) is 19.9. The van der Waals surface area contributed by atoms with Gasteiger partial charge in [-0.3, -0.25) is 0 Å². The molecule has 344 valence electrons. The molecule has 0 aliphatic heterocycles. The van der Waals surface area contributed by atoms with E-state index in [4.69, 9.17) is 0 Å². The van der Waals surface area contributed by atoms with E-state index in [1.807, 2.05) is 11.3 Å². The van der Waals surface area contributed by atoms with Crippen LogP contribution >= 0.6 is 11.3 Å². The summed E-state index contributed by atoms with van der Waals surface area (Å²) in [6.07, 6.45) is 0. The van der Waals surface area contributed by atoms with Crippen LogP contribution in [-0.4, -0.2) is 4.57 Å². The summed E-state index contributed by atoms with van der Waals surface area (Å²) in [6, 6.07) is 99.5. The highest BCUT2D eigenvalue weighted by molar-refractivity contribution is 7.27. The number of nitrogens with zero attached hydrogens (tertiary/aromatic N) is 2. The van der Waals surface area contributed by atoms with E-state index >= 15 is 0 Å². The van der Waals surface area contributed by atoms with E-state index in [-0.39, 0.29) is 0 Å². The van der Waals surface area contributed by atoms with Gasteiger partial charge >= 0.3 is 0 Å². The van der Waals surface area contributed by atoms with Gasteiger partial charge in [-0.15, -0.1) is 11.3 Å². The highest BCUT2D eigenvalue weighted by Crippen LogP contribution is 2.63. The zero-order valence-corrected chi connectivity index (χ0v) is 41.0. The van der Waals surface area contributed by atoms with Crippen molar-refractivity contribution in [2.75, 3.05) is 4.90 Å². The van der Waals surface area contributed by atoms with Crippen LogP contribution in [0.15, 0.2) is 267 Å². The Hall–Kier alpha value is -9.28. The summed E-state index contributed by atoms with van der Waals surface area (Å²) >= 11 is 1.91. The van der Waals surface area contributed by atoms with Crippen molar-refractivity contribution >= 4 is 81.1 Å². The molecule has 0 amide bonds. The van der Waals surface area contributed by atoms with Crippen molar-refractivity contribution in [1.29, 1.82) is 0 Å². The van der Waals surface area contributed by atoms with E-state index < -0.39 is 5.41 Å². The van der Waals surface area contributed by atoms with Gasteiger partial charge in [-0.2, -0.15) is 0 Å². The molecule has 2 heterocycles. The van der Waals surface area contributed by atoms with Crippen molar-refractivity contribution in [2.24, 2.45) is 0 Å². The monoisotopic (exact) mass is 956 g/mol. The Morgan fingerprint density at radius 3 is 1.46 bits per heavy atom. The van der Waals surface area contributed by atoms with Gasteiger partial charge in [0.15, 0.2) is 0 Å². The molecule has 0 saturated heterocycles. The fourth-order valence-electron chi connectivity index (χ4n) is 13.0. The minimum Gasteiger partial charge on any atom is -0.310 e. The Kier molecular flexibility index (Phi) is 8.86. The van der Waals surface area contributed by atoms with E-state index in [2.05, 4.69) is 276 Å². The Balaban J connectivity index is 0.854. The van der Waals surface area contributed by atoms with Crippen LogP contribution in [0.1, 0.15) is 22.3 Å². The quantitative estimate of drug-likeness (QED) is 0.161. The molecule has 0 unspecified atom stereocenters. The number of thiophene rings is 1. The molecule has 14 aromatic rings. The maximum absolute atomic E-state index is 2.49. The van der Waals surface area contributed by atoms with Crippen molar-refractivity contribution in [3.63, 3.8) is 0 Å². The van der Waals surface area contributed by atoms with Crippen LogP contribution in [0, 0.1) is 0 Å². The molecule has 0 N–H and O–H groups in total. The molecule has 0 fully saturated rings. The average Bonchev–Trinajstić information content (AvgIpc) is 4.20. The standard InChI is InChI=1S/C71H44N2S/c1-2-18-53-46(15-1)35-41-62-61-25-14-24-54(69(61)74-70(53)62)47-33-38-50(39-34-47)72(49-36-31-45(32-37-49)48-16-13-17-51(43-48)73-67-29-11-6-22-59(67)60-23-7-12-30-68(60)73)52-40-42-58-57-21-5-10-28-65(57)71(66(58)44-52)63-26-8-3-19-55(63)56-20-4-9-27-64(56)71/h1-44H. The third kappa shape index (κ3) is 5.81. The van der Waals surface area contributed by atoms with Crippen LogP contribution in [0.25, 0.3) is 103 Å². The lowest BCUT2D eigenvalue weighted by Gasteiger charge is -2.32. The zero-order chi connectivity index (χ0) is 48.5. The van der Waals surface area contributed by atoms with Gasteiger partial charge in [0.2, 0.25) is 0 Å². The number of rotatable bonds is 6. The average molecular weight is 957 g/mol. The summed E-state index contributed by atoms with van der Waals surface area (Å²) in [6.45, 7) is 0. The number of hydrogen-bond acceptors (Lipinski definition) is 2. The highest BCUT2D eigenvalue weighted by Gasteiger charge is 2.51. The normalized spacial score (nSPS) is 13.0. The second-order valence-corrected chi connectivity index (χ2v) is 20.9. The summed E-state index contributed by atoms with van der Waals surface area (Å²) < 4.78 is 5.07. The molecule has 1 spiro atoms. The SMILES string of the molecule is c1cc(-c2ccc(N(c3ccc(-c4cccc5c4sc4c6ccccc6ccc54)cc3)c3ccc4c(c3)C3(c5ccccc5-c5ccccc53)c3ccccc3-4)cc2)cc(-n2c3ccccc3c3ccccc32)c1. The molecule has 3 heteroatoms. The van der Waals surface area contributed by atoms with Crippen LogP contribution < -0.4 is 4.90 Å². The zero-order valence-electron chi connectivity index (χ0n) is 40.2. The van der Waals surface area contributed by atoms with Crippen LogP contribution in [0.3, 0.4) is 0 Å². The van der Waals surface area contributed by atoms with E-state index in [0.29, 0.717) is 0 Å². The highest BCUT2D eigenvalue weighted by atomic mass is 32.1. The molecular formula is C71H44N2S. The molecule has 0 saturated carbocycles. The predicted molar refractivity (Wildman–Crippen MR) is 313 cm³/mol. The largest absolute Gasteiger partial charge is 0.310 e. The lowest BCUT2D eigenvalue weighted by Crippen LogP contribution is -2.26. The smallest absolute Gasteiger partial charge is 0.0726 e. The van der Waals surface area contributed by atoms with Crippen LogP contribution in [0.2, 0.25) is 0 Å². The van der Waals surface area contributed by atoms with Crippen molar-refractivity contribution in [3.8, 4) is 50.2 Å². The maximum Gasteiger partial charge on any atom is 0.0726 e. The molecule has 0 radical (unpaired) electrons. The minimum absolute atomic E-state index is 0.454. The van der Waals surface area contributed by atoms with Crippen molar-refractivity contribution < 1.29 is 0 Å². The molecule has 16 rings (SSSR count). The molecule has 2 nitrogen and oxygen atoms in total. The first kappa shape index (κ1) is 41.3. The Morgan fingerprint density at radius 1 is 0.297 bits per heavy atom. The van der Waals surface area contributed by atoms with E-state index in [1.165, 1.54) is 120 Å². The molecule has 2 aromatic heterocycles. The summed E-state index contributed by atoms with van der Waals surface area (Å²) in [5, 5.41) is 7.75. The molecule has 2 aliphatic carbocycles. The predicted octanol–water partition coefficient (Wildman–Crippen LogP) is 19.5. The molecular weight excluding hydrogens is 913 g/mol. The van der Waals surface area contributed by atoms with Crippen molar-refractivity contribution in [2.45, 2.75) is 5.41 Å². The number of anilines is 3. The summed E-state index contributed by atoms with van der Waals surface area (Å²) in [4.78, 5) is 2.46. The van der Waals surface area contributed by atoms with Gasteiger partial charge in [-0.25, -0.2) is 0 Å². The number of benzene rings is 12. The van der Waals surface area contributed by atoms with Crippen LogP contribution in [-0.2, 0) is 5.41 Å². The van der Waals surface area contributed by atoms with Gasteiger partial charge in [0.25, 0.3) is 0 Å². The van der Waals surface area contributed by atoms with Crippen molar-refractivity contribution in [3.05, 3.63) is 289 Å². The number of hydrogen-bond donors (Lipinski definition) is 0. The first-order valence-electron chi connectivity index (χ1n) is 25.6. The molecule has 0 atom stereocenters. The first-order chi connectivity index (χ1) is 36.7. The number of aromatic nitrogens is 1. The second kappa shape index (κ2) is 15.9. The summed E-state index contributed by atoms with van der Waals surface area (Å²) in [7, 11) is 0. The van der Waals surface area contributed by atoms with Gasteiger partial charge in [0.05, 0.1) is 16.4 Å². The van der Waals surface area contributed by atoms with E-state index in [9.17, 15) is 0 Å². The summed E-state index contributed by atoms with van der Waals surface area (Å²) in [5.41, 5.74) is 21.8. The lowest BCUT2D eigenvalue weighted by atomic mass is 9.70. The van der Waals surface area contributed by atoms with Crippen LogP contribution in [0.4, 0.5) is 17.1 Å². The molecule has 2 aliphatic rings. The Morgan fingerprint density at radius 2 is 0.797 bits per heavy atom. The number of fused-ring (bicyclic) bond motifs is 18.